The van der Waals surface area contributed by atoms with Gasteiger partial charge in [-0.2, -0.15) is 0 Å². The Balaban J connectivity index is 2.66. The van der Waals surface area contributed by atoms with Crippen LogP contribution in [-0.2, 0) is 9.84 Å². The zero-order chi connectivity index (χ0) is 13.8. The van der Waals surface area contributed by atoms with E-state index in [0.717, 1.165) is 5.56 Å². The molecule has 0 radical (unpaired) electrons. The van der Waals surface area contributed by atoms with E-state index in [-0.39, 0.29) is 23.6 Å². The van der Waals surface area contributed by atoms with E-state index in [9.17, 15) is 8.42 Å². The fourth-order valence-corrected chi connectivity index (χ4v) is 3.28. The highest BCUT2D eigenvalue weighted by atomic mass is 35.5. The van der Waals surface area contributed by atoms with E-state index in [1.165, 1.54) is 0 Å². The SMILES string of the molecule is CCS(=O)(=O)CC(C)N[C@H](C)c1ccccc1Cl. The highest BCUT2D eigenvalue weighted by Gasteiger charge is 2.17. The van der Waals surface area contributed by atoms with Gasteiger partial charge in [0.05, 0.1) is 5.75 Å². The van der Waals surface area contributed by atoms with Crippen molar-refractivity contribution in [3.63, 3.8) is 0 Å². The molecule has 0 aliphatic carbocycles. The summed E-state index contributed by atoms with van der Waals surface area (Å²) in [5, 5.41) is 3.96. The lowest BCUT2D eigenvalue weighted by Gasteiger charge is -2.21. The first-order valence-electron chi connectivity index (χ1n) is 6.06. The van der Waals surface area contributed by atoms with Gasteiger partial charge in [-0.25, -0.2) is 8.42 Å². The molecule has 2 atom stereocenters. The van der Waals surface area contributed by atoms with Crippen LogP contribution in [0.3, 0.4) is 0 Å². The van der Waals surface area contributed by atoms with Crippen LogP contribution in [0.15, 0.2) is 24.3 Å². The first-order valence-corrected chi connectivity index (χ1v) is 8.26. The van der Waals surface area contributed by atoms with Crippen LogP contribution in [0.4, 0.5) is 0 Å². The van der Waals surface area contributed by atoms with Crippen LogP contribution in [0.1, 0.15) is 32.4 Å². The number of halogens is 1. The van der Waals surface area contributed by atoms with Crippen molar-refractivity contribution in [3.8, 4) is 0 Å². The molecular formula is C13H20ClNO2S. The lowest BCUT2D eigenvalue weighted by molar-refractivity contribution is 0.500. The summed E-state index contributed by atoms with van der Waals surface area (Å²) in [6, 6.07) is 7.52. The Morgan fingerprint density at radius 2 is 1.89 bits per heavy atom. The van der Waals surface area contributed by atoms with Gasteiger partial charge in [-0.15, -0.1) is 0 Å². The molecule has 1 aromatic rings. The van der Waals surface area contributed by atoms with Crippen LogP contribution in [0.25, 0.3) is 0 Å². The summed E-state index contributed by atoms with van der Waals surface area (Å²) in [5.41, 5.74) is 0.986. The van der Waals surface area contributed by atoms with Gasteiger partial charge in [0.2, 0.25) is 0 Å². The van der Waals surface area contributed by atoms with Gasteiger partial charge in [-0.05, 0) is 25.5 Å². The Hall–Kier alpha value is -0.580. The second kappa shape index (κ2) is 6.55. The molecule has 0 amide bonds. The van der Waals surface area contributed by atoms with Gasteiger partial charge in [0.25, 0.3) is 0 Å². The van der Waals surface area contributed by atoms with Crippen LogP contribution in [0, 0.1) is 0 Å². The molecule has 0 spiro atoms. The zero-order valence-corrected chi connectivity index (χ0v) is 12.6. The van der Waals surface area contributed by atoms with Gasteiger partial charge in [0.1, 0.15) is 0 Å². The molecule has 102 valence electrons. The quantitative estimate of drug-likeness (QED) is 0.876. The van der Waals surface area contributed by atoms with E-state index >= 15 is 0 Å². The van der Waals surface area contributed by atoms with Gasteiger partial charge in [-0.1, -0.05) is 36.7 Å². The Kier molecular flexibility index (Phi) is 5.63. The molecule has 0 heterocycles. The second-order valence-corrected chi connectivity index (χ2v) is 7.31. The first-order chi connectivity index (χ1) is 8.35. The number of hydrogen-bond donors (Lipinski definition) is 1. The largest absolute Gasteiger partial charge is 0.307 e. The molecule has 0 saturated heterocycles. The maximum absolute atomic E-state index is 11.5. The van der Waals surface area contributed by atoms with Crippen LogP contribution < -0.4 is 5.32 Å². The predicted octanol–water partition coefficient (Wildman–Crippen LogP) is 2.81. The third kappa shape index (κ3) is 4.59. The predicted molar refractivity (Wildman–Crippen MR) is 76.8 cm³/mol. The fourth-order valence-electron chi connectivity index (χ4n) is 1.89. The Morgan fingerprint density at radius 1 is 1.28 bits per heavy atom. The normalized spacial score (nSPS) is 15.3. The van der Waals surface area contributed by atoms with Gasteiger partial charge in [0, 0.05) is 22.9 Å². The van der Waals surface area contributed by atoms with Crippen molar-refractivity contribution >= 4 is 21.4 Å². The summed E-state index contributed by atoms with van der Waals surface area (Å²) in [7, 11) is -2.95. The van der Waals surface area contributed by atoms with Crippen molar-refractivity contribution in [2.45, 2.75) is 32.9 Å². The van der Waals surface area contributed by atoms with Crippen molar-refractivity contribution in [2.75, 3.05) is 11.5 Å². The topological polar surface area (TPSA) is 46.2 Å². The van der Waals surface area contributed by atoms with Crippen molar-refractivity contribution in [1.82, 2.24) is 5.32 Å². The number of sulfone groups is 1. The third-order valence-electron chi connectivity index (χ3n) is 2.85. The van der Waals surface area contributed by atoms with Crippen molar-refractivity contribution in [2.24, 2.45) is 0 Å². The summed E-state index contributed by atoms with van der Waals surface area (Å²) in [6.45, 7) is 5.52. The molecule has 1 N–H and O–H groups in total. The molecule has 5 heteroatoms. The molecule has 0 aliphatic heterocycles. The summed E-state index contributed by atoms with van der Waals surface area (Å²) in [5.74, 6) is 0.331. The molecule has 0 aliphatic rings. The number of rotatable bonds is 6. The van der Waals surface area contributed by atoms with Gasteiger partial charge < -0.3 is 5.32 Å². The minimum atomic E-state index is -2.95. The standard InChI is InChI=1S/C13H20ClNO2S/c1-4-18(16,17)9-10(2)15-11(3)12-7-5-6-8-13(12)14/h5-8,10-11,15H,4,9H2,1-3H3/t10?,11-/m1/s1. The van der Waals surface area contributed by atoms with Crippen molar-refractivity contribution < 1.29 is 8.42 Å². The van der Waals surface area contributed by atoms with E-state index < -0.39 is 9.84 Å². The van der Waals surface area contributed by atoms with E-state index in [2.05, 4.69) is 5.32 Å². The summed E-state index contributed by atoms with van der Waals surface area (Å²) >= 11 is 6.10. The number of benzene rings is 1. The molecule has 0 aromatic heterocycles. The minimum absolute atomic E-state index is 0.0285. The van der Waals surface area contributed by atoms with E-state index in [0.29, 0.717) is 5.02 Å². The maximum atomic E-state index is 11.5. The van der Waals surface area contributed by atoms with Gasteiger partial charge in [-0.3, -0.25) is 0 Å². The minimum Gasteiger partial charge on any atom is -0.307 e. The highest BCUT2D eigenvalue weighted by Crippen LogP contribution is 2.22. The Morgan fingerprint density at radius 3 is 2.44 bits per heavy atom. The summed E-state index contributed by atoms with van der Waals surface area (Å²) in [6.07, 6.45) is 0. The molecule has 0 saturated carbocycles. The van der Waals surface area contributed by atoms with Crippen molar-refractivity contribution in [1.29, 1.82) is 0 Å². The summed E-state index contributed by atoms with van der Waals surface area (Å²) in [4.78, 5) is 0. The third-order valence-corrected chi connectivity index (χ3v) is 5.08. The average molecular weight is 290 g/mol. The van der Waals surface area contributed by atoms with Crippen LogP contribution in [-0.4, -0.2) is 26.0 Å². The smallest absolute Gasteiger partial charge is 0.151 e. The van der Waals surface area contributed by atoms with Crippen LogP contribution in [0.5, 0.6) is 0 Å². The zero-order valence-electron chi connectivity index (χ0n) is 11.0. The lowest BCUT2D eigenvalue weighted by Crippen LogP contribution is -2.35. The van der Waals surface area contributed by atoms with Crippen LogP contribution >= 0.6 is 11.6 Å². The second-order valence-electron chi connectivity index (χ2n) is 4.51. The van der Waals surface area contributed by atoms with E-state index in [4.69, 9.17) is 11.6 Å². The summed E-state index contributed by atoms with van der Waals surface area (Å²) < 4.78 is 23.1. The van der Waals surface area contributed by atoms with Crippen LogP contribution in [0.2, 0.25) is 5.02 Å². The Labute approximate surface area is 114 Å². The molecule has 0 bridgehead atoms. The molecular weight excluding hydrogens is 270 g/mol. The molecule has 18 heavy (non-hydrogen) atoms. The van der Waals surface area contributed by atoms with Crippen molar-refractivity contribution in [3.05, 3.63) is 34.9 Å². The monoisotopic (exact) mass is 289 g/mol. The first kappa shape index (κ1) is 15.5. The molecule has 1 rings (SSSR count). The van der Waals surface area contributed by atoms with Gasteiger partial charge in [0.15, 0.2) is 9.84 Å². The lowest BCUT2D eigenvalue weighted by atomic mass is 10.1. The maximum Gasteiger partial charge on any atom is 0.151 e. The van der Waals surface area contributed by atoms with E-state index in [1.54, 1.807) is 6.92 Å². The molecule has 1 unspecified atom stereocenters. The number of nitrogens with one attached hydrogen (secondary N) is 1. The molecule has 0 fully saturated rings. The van der Waals surface area contributed by atoms with Gasteiger partial charge >= 0.3 is 0 Å². The average Bonchev–Trinajstić information content (AvgIpc) is 2.28. The molecule has 1 aromatic carbocycles. The fraction of sp³-hybridized carbons (Fsp3) is 0.538. The Bertz CT molecular complexity index is 488. The number of hydrogen-bond acceptors (Lipinski definition) is 3. The molecule has 3 nitrogen and oxygen atoms in total. The highest BCUT2D eigenvalue weighted by molar-refractivity contribution is 7.91. The van der Waals surface area contributed by atoms with E-state index in [1.807, 2.05) is 38.1 Å².